The Bertz CT molecular complexity index is 924. The summed E-state index contributed by atoms with van der Waals surface area (Å²) in [4.78, 5) is 12.4. The zero-order valence-electron chi connectivity index (χ0n) is 14.0. The Morgan fingerprint density at radius 3 is 2.48 bits per heavy atom. The van der Waals surface area contributed by atoms with Gasteiger partial charge in [-0.05, 0) is 52.7 Å². The fourth-order valence-corrected chi connectivity index (χ4v) is 2.82. The second kappa shape index (κ2) is 7.45. The normalized spacial score (nSPS) is 10.5. The molecule has 0 saturated heterocycles. The van der Waals surface area contributed by atoms with E-state index in [0.29, 0.717) is 22.9 Å². The first kappa shape index (κ1) is 17.1. The maximum atomic E-state index is 12.4. The summed E-state index contributed by atoms with van der Waals surface area (Å²) in [6, 6.07) is 16.9. The molecule has 0 fully saturated rings. The summed E-state index contributed by atoms with van der Waals surface area (Å²) in [5.41, 5.74) is 1.42. The fourth-order valence-electron chi connectivity index (χ4n) is 2.65. The van der Waals surface area contributed by atoms with Crippen molar-refractivity contribution >= 4 is 28.3 Å². The predicted octanol–water partition coefficient (Wildman–Crippen LogP) is 4.44. The highest BCUT2D eigenvalue weighted by Crippen LogP contribution is 2.24. The van der Waals surface area contributed by atoms with Gasteiger partial charge in [-0.15, -0.1) is 0 Å². The number of nitrogens with one attached hydrogen (secondary N) is 1. The Morgan fingerprint density at radius 1 is 0.960 bits per heavy atom. The zero-order valence-corrected chi connectivity index (χ0v) is 14.8. The second-order valence-electron chi connectivity index (χ2n) is 5.57. The summed E-state index contributed by atoms with van der Waals surface area (Å²) in [5, 5.41) is 5.57. The van der Waals surface area contributed by atoms with Crippen LogP contribution in [0.3, 0.4) is 0 Å². The van der Waals surface area contributed by atoms with E-state index in [1.54, 1.807) is 25.3 Å². The van der Waals surface area contributed by atoms with Crippen LogP contribution in [-0.2, 0) is 6.54 Å². The van der Waals surface area contributed by atoms with Crippen molar-refractivity contribution in [3.63, 3.8) is 0 Å². The number of hydrogen-bond acceptors (Lipinski definition) is 3. The smallest absolute Gasteiger partial charge is 0.255 e. The highest BCUT2D eigenvalue weighted by atomic mass is 35.5. The first-order valence-corrected chi connectivity index (χ1v) is 8.17. The van der Waals surface area contributed by atoms with Gasteiger partial charge in [0.15, 0.2) is 0 Å². The maximum absolute atomic E-state index is 12.4. The van der Waals surface area contributed by atoms with Crippen molar-refractivity contribution in [3.05, 3.63) is 70.7 Å². The van der Waals surface area contributed by atoms with Gasteiger partial charge in [-0.2, -0.15) is 0 Å². The monoisotopic (exact) mass is 355 g/mol. The van der Waals surface area contributed by atoms with Crippen molar-refractivity contribution in [3.8, 4) is 11.5 Å². The maximum Gasteiger partial charge on any atom is 0.255 e. The van der Waals surface area contributed by atoms with Gasteiger partial charge in [-0.1, -0.05) is 29.8 Å². The van der Waals surface area contributed by atoms with Crippen molar-refractivity contribution in [2.45, 2.75) is 6.54 Å². The summed E-state index contributed by atoms with van der Waals surface area (Å²) in [6.07, 6.45) is 0. The molecular formula is C20H18ClNO3. The number of halogens is 1. The number of rotatable bonds is 5. The van der Waals surface area contributed by atoms with E-state index in [-0.39, 0.29) is 5.91 Å². The third-order valence-corrected chi connectivity index (χ3v) is 4.21. The molecule has 0 spiro atoms. The summed E-state index contributed by atoms with van der Waals surface area (Å²) in [5.74, 6) is 1.09. The van der Waals surface area contributed by atoms with Gasteiger partial charge in [0.05, 0.1) is 19.8 Å². The quantitative estimate of drug-likeness (QED) is 0.736. The van der Waals surface area contributed by atoms with Gasteiger partial charge in [0.2, 0.25) is 0 Å². The molecule has 4 nitrogen and oxygen atoms in total. The Morgan fingerprint density at radius 2 is 1.72 bits per heavy atom. The van der Waals surface area contributed by atoms with Crippen LogP contribution in [0.4, 0.5) is 0 Å². The standard InChI is InChI=1S/C20H18ClNO3/c1-24-17-7-5-14-9-13(3-4-15(14)10-17)12-22-20(23)18-11-16(21)6-8-19(18)25-2/h3-11H,12H2,1-2H3,(H,22,23). The van der Waals surface area contributed by atoms with E-state index in [2.05, 4.69) is 5.32 Å². The molecule has 3 rings (SSSR count). The molecule has 0 aliphatic heterocycles. The molecule has 0 radical (unpaired) electrons. The summed E-state index contributed by atoms with van der Waals surface area (Å²) < 4.78 is 10.5. The number of methoxy groups -OCH3 is 2. The third-order valence-electron chi connectivity index (χ3n) is 3.97. The molecule has 1 N–H and O–H groups in total. The minimum atomic E-state index is -0.228. The van der Waals surface area contributed by atoms with Gasteiger partial charge in [-0.25, -0.2) is 0 Å². The van der Waals surface area contributed by atoms with Crippen LogP contribution in [-0.4, -0.2) is 20.1 Å². The van der Waals surface area contributed by atoms with Crippen LogP contribution in [0.2, 0.25) is 5.02 Å². The molecular weight excluding hydrogens is 338 g/mol. The number of ether oxygens (including phenoxy) is 2. The van der Waals surface area contributed by atoms with E-state index in [1.807, 2.05) is 36.4 Å². The Kier molecular flexibility index (Phi) is 5.10. The summed E-state index contributed by atoms with van der Waals surface area (Å²) in [7, 11) is 3.17. The molecule has 3 aromatic rings. The van der Waals surface area contributed by atoms with E-state index in [1.165, 1.54) is 7.11 Å². The molecule has 0 heterocycles. The molecule has 0 aliphatic rings. The zero-order chi connectivity index (χ0) is 17.8. The molecule has 25 heavy (non-hydrogen) atoms. The van der Waals surface area contributed by atoms with Gasteiger partial charge >= 0.3 is 0 Å². The van der Waals surface area contributed by atoms with Crippen molar-refractivity contribution in [2.75, 3.05) is 14.2 Å². The number of benzene rings is 3. The highest BCUT2D eigenvalue weighted by molar-refractivity contribution is 6.31. The average molecular weight is 356 g/mol. The Balaban J connectivity index is 1.76. The molecule has 3 aromatic carbocycles. The summed E-state index contributed by atoms with van der Waals surface area (Å²) in [6.45, 7) is 0.413. The molecule has 5 heteroatoms. The lowest BCUT2D eigenvalue weighted by Gasteiger charge is -2.10. The van der Waals surface area contributed by atoms with Crippen molar-refractivity contribution in [1.82, 2.24) is 5.32 Å². The van der Waals surface area contributed by atoms with Crippen LogP contribution in [0.5, 0.6) is 11.5 Å². The van der Waals surface area contributed by atoms with E-state index >= 15 is 0 Å². The van der Waals surface area contributed by atoms with Crippen LogP contribution >= 0.6 is 11.6 Å². The molecule has 0 atom stereocenters. The predicted molar refractivity (Wildman–Crippen MR) is 99.7 cm³/mol. The SMILES string of the molecule is COc1ccc2cc(CNC(=O)c3cc(Cl)ccc3OC)ccc2c1. The molecule has 0 unspecified atom stereocenters. The lowest BCUT2D eigenvalue weighted by Crippen LogP contribution is -2.23. The van der Waals surface area contributed by atoms with Crippen molar-refractivity contribution in [2.24, 2.45) is 0 Å². The first-order valence-electron chi connectivity index (χ1n) is 7.79. The van der Waals surface area contributed by atoms with Crippen molar-refractivity contribution < 1.29 is 14.3 Å². The molecule has 0 bridgehead atoms. The largest absolute Gasteiger partial charge is 0.497 e. The molecule has 0 saturated carbocycles. The molecule has 1 amide bonds. The number of carbonyl (C=O) groups is 1. The van der Waals surface area contributed by atoms with Gasteiger partial charge in [-0.3, -0.25) is 4.79 Å². The highest BCUT2D eigenvalue weighted by Gasteiger charge is 2.12. The van der Waals surface area contributed by atoms with Gasteiger partial charge in [0.25, 0.3) is 5.91 Å². The number of fused-ring (bicyclic) bond motifs is 1. The van der Waals surface area contributed by atoms with Crippen molar-refractivity contribution in [1.29, 1.82) is 0 Å². The topological polar surface area (TPSA) is 47.6 Å². The van der Waals surface area contributed by atoms with Crippen LogP contribution in [0.15, 0.2) is 54.6 Å². The van der Waals surface area contributed by atoms with Crippen LogP contribution in [0.1, 0.15) is 15.9 Å². The van der Waals surface area contributed by atoms with E-state index in [4.69, 9.17) is 21.1 Å². The minimum Gasteiger partial charge on any atom is -0.497 e. The van der Waals surface area contributed by atoms with E-state index in [0.717, 1.165) is 22.1 Å². The van der Waals surface area contributed by atoms with Gasteiger partial charge in [0.1, 0.15) is 11.5 Å². The second-order valence-corrected chi connectivity index (χ2v) is 6.01. The Hall–Kier alpha value is -2.72. The lowest BCUT2D eigenvalue weighted by molar-refractivity contribution is 0.0948. The number of amides is 1. The molecule has 0 aromatic heterocycles. The van der Waals surface area contributed by atoms with Crippen LogP contribution < -0.4 is 14.8 Å². The average Bonchev–Trinajstić information content (AvgIpc) is 2.65. The van der Waals surface area contributed by atoms with Crippen LogP contribution in [0, 0.1) is 0 Å². The third kappa shape index (κ3) is 3.86. The minimum absolute atomic E-state index is 0.228. The van der Waals surface area contributed by atoms with Gasteiger partial charge < -0.3 is 14.8 Å². The number of hydrogen-bond donors (Lipinski definition) is 1. The number of carbonyl (C=O) groups excluding carboxylic acids is 1. The summed E-state index contributed by atoms with van der Waals surface area (Å²) >= 11 is 5.98. The van der Waals surface area contributed by atoms with Crippen LogP contribution in [0.25, 0.3) is 10.8 Å². The molecule has 0 aliphatic carbocycles. The lowest BCUT2D eigenvalue weighted by atomic mass is 10.1. The Labute approximate surface area is 151 Å². The van der Waals surface area contributed by atoms with E-state index in [9.17, 15) is 4.79 Å². The van der Waals surface area contributed by atoms with Gasteiger partial charge in [0, 0.05) is 11.6 Å². The first-order chi connectivity index (χ1) is 12.1. The fraction of sp³-hybridized carbons (Fsp3) is 0.150. The molecule has 128 valence electrons. The van der Waals surface area contributed by atoms with E-state index < -0.39 is 0 Å².